The van der Waals surface area contributed by atoms with Crippen molar-refractivity contribution in [2.45, 2.75) is 33.2 Å². The van der Waals surface area contributed by atoms with Gasteiger partial charge in [0.1, 0.15) is 5.75 Å². The maximum absolute atomic E-state index is 12.0. The zero-order valence-electron chi connectivity index (χ0n) is 10.7. The predicted octanol–water partition coefficient (Wildman–Crippen LogP) is 4.07. The number of ether oxygens (including phenoxy) is 1. The summed E-state index contributed by atoms with van der Waals surface area (Å²) in [6, 6.07) is 7.26. The average Bonchev–Trinajstić information content (AvgIpc) is 2.15. The molecule has 94 valence electrons. The van der Waals surface area contributed by atoms with Crippen molar-refractivity contribution in [3.63, 3.8) is 0 Å². The molecule has 3 nitrogen and oxygen atoms in total. The van der Waals surface area contributed by atoms with Crippen LogP contribution in [0.3, 0.4) is 0 Å². The number of hydrogen-bond acceptors (Lipinski definition) is 2. The number of rotatable bonds is 2. The van der Waals surface area contributed by atoms with Crippen LogP contribution in [0.15, 0.2) is 28.7 Å². The molecule has 0 aliphatic heterocycles. The smallest absolute Gasteiger partial charge is 0.410 e. The minimum atomic E-state index is -0.321. The minimum absolute atomic E-state index is 0.238. The summed E-state index contributed by atoms with van der Waals surface area (Å²) in [6.07, 6.45) is -0.321. The Labute approximate surface area is 111 Å². The predicted molar refractivity (Wildman–Crippen MR) is 72.3 cm³/mol. The number of amides is 1. The Balaban J connectivity index is 2.78. The molecule has 0 aliphatic rings. The van der Waals surface area contributed by atoms with Crippen LogP contribution in [0.5, 0.6) is 5.75 Å². The second-order valence-corrected chi connectivity index (χ2v) is 5.66. The van der Waals surface area contributed by atoms with E-state index in [2.05, 4.69) is 15.9 Å². The second-order valence-electron chi connectivity index (χ2n) is 4.74. The highest BCUT2D eigenvalue weighted by Crippen LogP contribution is 2.20. The molecule has 0 aliphatic carbocycles. The topological polar surface area (TPSA) is 29.5 Å². The lowest BCUT2D eigenvalue weighted by atomic mass is 10.1. The molecule has 0 aromatic heterocycles. The van der Waals surface area contributed by atoms with Gasteiger partial charge in [-0.15, -0.1) is 0 Å². The molecule has 1 aromatic carbocycles. The highest BCUT2D eigenvalue weighted by Gasteiger charge is 2.26. The van der Waals surface area contributed by atoms with E-state index in [1.54, 1.807) is 17.0 Å². The molecule has 0 unspecified atom stereocenters. The first-order valence-corrected chi connectivity index (χ1v) is 6.39. The van der Waals surface area contributed by atoms with Crippen LogP contribution in [-0.4, -0.2) is 23.1 Å². The van der Waals surface area contributed by atoms with Gasteiger partial charge in [-0.1, -0.05) is 22.0 Å². The first-order chi connectivity index (χ1) is 7.84. The van der Waals surface area contributed by atoms with Crippen LogP contribution in [0.4, 0.5) is 4.79 Å². The van der Waals surface area contributed by atoms with E-state index in [-0.39, 0.29) is 11.6 Å². The molecule has 0 spiro atoms. The third-order valence-corrected chi connectivity index (χ3v) is 2.84. The fraction of sp³-hybridized carbons (Fsp3) is 0.462. The van der Waals surface area contributed by atoms with E-state index in [0.717, 1.165) is 4.47 Å². The number of carbonyl (C=O) groups is 1. The van der Waals surface area contributed by atoms with E-state index in [9.17, 15) is 4.79 Å². The number of nitrogens with zero attached hydrogens (tertiary/aromatic N) is 1. The highest BCUT2D eigenvalue weighted by atomic mass is 79.9. The van der Waals surface area contributed by atoms with E-state index in [1.807, 2.05) is 39.8 Å². The largest absolute Gasteiger partial charge is 0.415 e. The molecule has 0 saturated carbocycles. The van der Waals surface area contributed by atoms with Crippen molar-refractivity contribution in [1.29, 1.82) is 0 Å². The van der Waals surface area contributed by atoms with Crippen molar-refractivity contribution in [3.05, 3.63) is 28.7 Å². The zero-order chi connectivity index (χ0) is 13.1. The van der Waals surface area contributed by atoms with E-state index >= 15 is 0 Å². The highest BCUT2D eigenvalue weighted by molar-refractivity contribution is 9.10. The normalized spacial score (nSPS) is 11.1. The number of hydrogen-bond donors (Lipinski definition) is 0. The summed E-state index contributed by atoms with van der Waals surface area (Å²) in [5, 5.41) is 0. The molecule has 1 aromatic rings. The molecule has 17 heavy (non-hydrogen) atoms. The summed E-state index contributed by atoms with van der Waals surface area (Å²) < 4.78 is 6.22. The number of halogens is 1. The van der Waals surface area contributed by atoms with Gasteiger partial charge in [0.25, 0.3) is 0 Å². The third kappa shape index (κ3) is 4.04. The molecule has 0 heterocycles. The fourth-order valence-corrected chi connectivity index (χ4v) is 1.94. The summed E-state index contributed by atoms with van der Waals surface area (Å²) in [6.45, 7) is 8.51. The van der Waals surface area contributed by atoms with Crippen LogP contribution >= 0.6 is 15.9 Å². The Hall–Kier alpha value is -1.03. The van der Waals surface area contributed by atoms with Gasteiger partial charge >= 0.3 is 6.09 Å². The molecule has 4 heteroatoms. The van der Waals surface area contributed by atoms with Crippen LogP contribution < -0.4 is 4.74 Å². The van der Waals surface area contributed by atoms with Crippen molar-refractivity contribution >= 4 is 22.0 Å². The van der Waals surface area contributed by atoms with Crippen LogP contribution in [0.25, 0.3) is 0 Å². The van der Waals surface area contributed by atoms with E-state index in [1.165, 1.54) is 0 Å². The molecular formula is C13H18BrNO2. The van der Waals surface area contributed by atoms with Crippen molar-refractivity contribution in [1.82, 2.24) is 4.90 Å². The zero-order valence-corrected chi connectivity index (χ0v) is 12.2. The monoisotopic (exact) mass is 299 g/mol. The van der Waals surface area contributed by atoms with Crippen molar-refractivity contribution in [2.75, 3.05) is 6.54 Å². The van der Waals surface area contributed by atoms with Gasteiger partial charge in [0.15, 0.2) is 0 Å². The summed E-state index contributed by atoms with van der Waals surface area (Å²) in [4.78, 5) is 13.7. The van der Waals surface area contributed by atoms with Crippen LogP contribution in [0, 0.1) is 0 Å². The van der Waals surface area contributed by atoms with Crippen LogP contribution in [0.2, 0.25) is 0 Å². The molecule has 1 rings (SSSR count). The average molecular weight is 300 g/mol. The molecule has 0 radical (unpaired) electrons. The maximum Gasteiger partial charge on any atom is 0.415 e. The quantitative estimate of drug-likeness (QED) is 0.824. The van der Waals surface area contributed by atoms with Gasteiger partial charge in [-0.25, -0.2) is 4.79 Å². The fourth-order valence-electron chi connectivity index (χ4n) is 1.56. The first-order valence-electron chi connectivity index (χ1n) is 5.59. The van der Waals surface area contributed by atoms with Gasteiger partial charge < -0.3 is 9.64 Å². The number of benzene rings is 1. The van der Waals surface area contributed by atoms with Gasteiger partial charge in [-0.05, 0) is 45.9 Å². The lowest BCUT2D eigenvalue weighted by molar-refractivity contribution is 0.110. The third-order valence-electron chi connectivity index (χ3n) is 2.35. The van der Waals surface area contributed by atoms with E-state index in [0.29, 0.717) is 12.3 Å². The van der Waals surface area contributed by atoms with Crippen molar-refractivity contribution in [2.24, 2.45) is 0 Å². The summed E-state index contributed by atoms with van der Waals surface area (Å²) in [7, 11) is 0. The van der Waals surface area contributed by atoms with E-state index in [4.69, 9.17) is 4.74 Å². The maximum atomic E-state index is 12.0. The second kappa shape index (κ2) is 5.54. The Morgan fingerprint density at radius 3 is 2.53 bits per heavy atom. The first kappa shape index (κ1) is 14.0. The molecule has 0 N–H and O–H groups in total. The standard InChI is InChI=1S/C13H18BrNO2/c1-5-15(13(2,3)4)12(16)17-11-8-6-7-10(14)9-11/h6-9H,5H2,1-4H3. The minimum Gasteiger partial charge on any atom is -0.410 e. The summed E-state index contributed by atoms with van der Waals surface area (Å²) in [5.74, 6) is 0.548. The molecule has 0 saturated heterocycles. The molecular weight excluding hydrogens is 282 g/mol. The molecule has 0 bridgehead atoms. The SMILES string of the molecule is CCN(C(=O)Oc1cccc(Br)c1)C(C)(C)C. The molecule has 1 amide bonds. The van der Waals surface area contributed by atoms with E-state index < -0.39 is 0 Å². The van der Waals surface area contributed by atoms with Gasteiger partial charge in [-0.3, -0.25) is 0 Å². The number of carbonyl (C=O) groups excluding carboxylic acids is 1. The lowest BCUT2D eigenvalue weighted by Gasteiger charge is -2.33. The summed E-state index contributed by atoms with van der Waals surface area (Å²) >= 11 is 3.34. The van der Waals surface area contributed by atoms with Crippen LogP contribution in [0.1, 0.15) is 27.7 Å². The van der Waals surface area contributed by atoms with Gasteiger partial charge in [0, 0.05) is 16.6 Å². The Kier molecular flexibility index (Phi) is 4.57. The molecule has 0 atom stereocenters. The van der Waals surface area contributed by atoms with Gasteiger partial charge in [0.05, 0.1) is 0 Å². The van der Waals surface area contributed by atoms with Crippen molar-refractivity contribution in [3.8, 4) is 5.75 Å². The summed E-state index contributed by atoms with van der Waals surface area (Å²) in [5.41, 5.74) is -0.238. The van der Waals surface area contributed by atoms with Gasteiger partial charge in [0.2, 0.25) is 0 Å². The lowest BCUT2D eigenvalue weighted by Crippen LogP contribution is -2.46. The van der Waals surface area contributed by atoms with Crippen LogP contribution in [-0.2, 0) is 0 Å². The Bertz CT molecular complexity index is 399. The van der Waals surface area contributed by atoms with Crippen molar-refractivity contribution < 1.29 is 9.53 Å². The Morgan fingerprint density at radius 2 is 2.06 bits per heavy atom. The molecule has 0 fully saturated rings. The Morgan fingerprint density at radius 1 is 1.41 bits per heavy atom. The van der Waals surface area contributed by atoms with Gasteiger partial charge in [-0.2, -0.15) is 0 Å².